The first-order valence-corrected chi connectivity index (χ1v) is 5.47. The van der Waals surface area contributed by atoms with Gasteiger partial charge in [0.2, 0.25) is 0 Å². The number of hydrogen-bond donors (Lipinski definition) is 0. The van der Waals surface area contributed by atoms with E-state index in [4.69, 9.17) is 0 Å². The molecular weight excluding hydrogens is 144 g/mol. The van der Waals surface area contributed by atoms with E-state index in [2.05, 4.69) is 26.0 Å². The molecule has 1 aliphatic rings. The molecule has 0 radical (unpaired) electrons. The van der Waals surface area contributed by atoms with Crippen LogP contribution in [-0.4, -0.2) is 0 Å². The molecule has 0 bridgehead atoms. The standard InChI is InChI=1S/C12H22/c1-11(2)7-5-3-4-6-8-12-9-10-12/h9-12H,3-8H2,1-2H3. The van der Waals surface area contributed by atoms with Crippen LogP contribution in [-0.2, 0) is 0 Å². The zero-order chi connectivity index (χ0) is 8.81. The molecule has 12 heavy (non-hydrogen) atoms. The zero-order valence-electron chi connectivity index (χ0n) is 8.55. The maximum atomic E-state index is 2.31. The lowest BCUT2D eigenvalue weighted by molar-refractivity contribution is 0.512. The van der Waals surface area contributed by atoms with Gasteiger partial charge < -0.3 is 0 Å². The third kappa shape index (κ3) is 5.40. The van der Waals surface area contributed by atoms with Gasteiger partial charge in [-0.1, -0.05) is 58.1 Å². The second kappa shape index (κ2) is 5.40. The first-order valence-electron chi connectivity index (χ1n) is 5.47. The van der Waals surface area contributed by atoms with Gasteiger partial charge in [0, 0.05) is 0 Å². The lowest BCUT2D eigenvalue weighted by Gasteiger charge is -2.03. The van der Waals surface area contributed by atoms with Crippen LogP contribution < -0.4 is 0 Å². The molecule has 0 unspecified atom stereocenters. The molecule has 1 aliphatic carbocycles. The van der Waals surface area contributed by atoms with Crippen LogP contribution in [0.2, 0.25) is 0 Å². The lowest BCUT2D eigenvalue weighted by atomic mass is 10.0. The molecule has 0 fully saturated rings. The van der Waals surface area contributed by atoms with Crippen molar-refractivity contribution in [3.05, 3.63) is 12.2 Å². The van der Waals surface area contributed by atoms with E-state index in [0.717, 1.165) is 11.8 Å². The number of unbranched alkanes of at least 4 members (excludes halogenated alkanes) is 3. The van der Waals surface area contributed by atoms with Crippen LogP contribution in [0.15, 0.2) is 12.2 Å². The van der Waals surface area contributed by atoms with Crippen molar-refractivity contribution in [2.75, 3.05) is 0 Å². The van der Waals surface area contributed by atoms with E-state index in [1.165, 1.54) is 38.5 Å². The predicted octanol–water partition coefficient (Wildman–Crippen LogP) is 4.17. The van der Waals surface area contributed by atoms with E-state index in [0.29, 0.717) is 0 Å². The average Bonchev–Trinajstić information content (AvgIpc) is 2.79. The third-order valence-electron chi connectivity index (χ3n) is 2.53. The van der Waals surface area contributed by atoms with Crippen LogP contribution in [0.1, 0.15) is 52.4 Å². The highest BCUT2D eigenvalue weighted by molar-refractivity contribution is 5.12. The SMILES string of the molecule is CC(C)CCCCCCC1C=C1. The summed E-state index contributed by atoms with van der Waals surface area (Å²) in [6.07, 6.45) is 13.2. The summed E-state index contributed by atoms with van der Waals surface area (Å²) in [6.45, 7) is 4.63. The maximum Gasteiger partial charge on any atom is -0.00531 e. The molecule has 0 spiro atoms. The summed E-state index contributed by atoms with van der Waals surface area (Å²) in [5.41, 5.74) is 0. The van der Waals surface area contributed by atoms with E-state index >= 15 is 0 Å². The Morgan fingerprint density at radius 2 is 1.67 bits per heavy atom. The zero-order valence-corrected chi connectivity index (χ0v) is 8.55. The molecule has 0 heterocycles. The summed E-state index contributed by atoms with van der Waals surface area (Å²) in [5.74, 6) is 1.80. The maximum absolute atomic E-state index is 2.31. The van der Waals surface area contributed by atoms with Gasteiger partial charge in [-0.25, -0.2) is 0 Å². The highest BCUT2D eigenvalue weighted by Crippen LogP contribution is 2.23. The topological polar surface area (TPSA) is 0 Å². The molecular formula is C12H22. The fourth-order valence-corrected chi connectivity index (χ4v) is 1.56. The Hall–Kier alpha value is -0.260. The van der Waals surface area contributed by atoms with Gasteiger partial charge in [-0.05, 0) is 18.3 Å². The minimum absolute atomic E-state index is 0.898. The Bertz CT molecular complexity index is 121. The monoisotopic (exact) mass is 166 g/mol. The molecule has 0 saturated carbocycles. The van der Waals surface area contributed by atoms with Crippen molar-refractivity contribution in [2.24, 2.45) is 11.8 Å². The van der Waals surface area contributed by atoms with Crippen LogP contribution in [0.25, 0.3) is 0 Å². The van der Waals surface area contributed by atoms with E-state index in [-0.39, 0.29) is 0 Å². The number of rotatable bonds is 7. The normalized spacial score (nSPS) is 15.9. The molecule has 0 N–H and O–H groups in total. The van der Waals surface area contributed by atoms with Crippen molar-refractivity contribution in [2.45, 2.75) is 52.4 Å². The van der Waals surface area contributed by atoms with Gasteiger partial charge in [0.15, 0.2) is 0 Å². The highest BCUT2D eigenvalue weighted by Gasteiger charge is 2.08. The smallest absolute Gasteiger partial charge is 0.00531 e. The summed E-state index contributed by atoms with van der Waals surface area (Å²) in [5, 5.41) is 0. The van der Waals surface area contributed by atoms with E-state index in [1.54, 1.807) is 0 Å². The molecule has 0 amide bonds. The van der Waals surface area contributed by atoms with Crippen LogP contribution >= 0.6 is 0 Å². The summed E-state index contributed by atoms with van der Waals surface area (Å²) >= 11 is 0. The Labute approximate surface area is 77.1 Å². The van der Waals surface area contributed by atoms with Crippen molar-refractivity contribution >= 4 is 0 Å². The van der Waals surface area contributed by atoms with Crippen LogP contribution in [0.3, 0.4) is 0 Å². The number of allylic oxidation sites excluding steroid dienone is 2. The Morgan fingerprint density at radius 3 is 2.25 bits per heavy atom. The molecule has 0 aromatic rings. The van der Waals surface area contributed by atoms with Crippen molar-refractivity contribution in [1.82, 2.24) is 0 Å². The van der Waals surface area contributed by atoms with Crippen LogP contribution in [0.5, 0.6) is 0 Å². The van der Waals surface area contributed by atoms with Crippen molar-refractivity contribution < 1.29 is 0 Å². The van der Waals surface area contributed by atoms with E-state index < -0.39 is 0 Å². The van der Waals surface area contributed by atoms with Gasteiger partial charge in [-0.3, -0.25) is 0 Å². The molecule has 0 saturated heterocycles. The molecule has 0 aromatic carbocycles. The number of hydrogen-bond acceptors (Lipinski definition) is 0. The van der Waals surface area contributed by atoms with Crippen LogP contribution in [0, 0.1) is 11.8 Å². The van der Waals surface area contributed by atoms with Gasteiger partial charge in [0.05, 0.1) is 0 Å². The van der Waals surface area contributed by atoms with E-state index in [1.807, 2.05) is 0 Å². The van der Waals surface area contributed by atoms with Gasteiger partial charge >= 0.3 is 0 Å². The van der Waals surface area contributed by atoms with Crippen molar-refractivity contribution in [1.29, 1.82) is 0 Å². The Balaban J connectivity index is 1.70. The summed E-state index contributed by atoms with van der Waals surface area (Å²) < 4.78 is 0. The Kier molecular flexibility index (Phi) is 4.42. The highest BCUT2D eigenvalue weighted by atomic mass is 14.1. The molecule has 0 heteroatoms. The largest absolute Gasteiger partial charge is 0.0810 e. The van der Waals surface area contributed by atoms with Gasteiger partial charge in [-0.2, -0.15) is 0 Å². The fraction of sp³-hybridized carbons (Fsp3) is 0.833. The predicted molar refractivity (Wildman–Crippen MR) is 55.2 cm³/mol. The van der Waals surface area contributed by atoms with Crippen molar-refractivity contribution in [3.63, 3.8) is 0 Å². The molecule has 0 atom stereocenters. The van der Waals surface area contributed by atoms with E-state index in [9.17, 15) is 0 Å². The van der Waals surface area contributed by atoms with Gasteiger partial charge in [0.25, 0.3) is 0 Å². The second-order valence-electron chi connectivity index (χ2n) is 4.43. The van der Waals surface area contributed by atoms with Gasteiger partial charge in [0.1, 0.15) is 0 Å². The summed E-state index contributed by atoms with van der Waals surface area (Å²) in [6, 6.07) is 0. The molecule has 0 aromatic heterocycles. The minimum atomic E-state index is 0.898. The molecule has 0 aliphatic heterocycles. The lowest BCUT2D eigenvalue weighted by Crippen LogP contribution is -1.87. The first kappa shape index (κ1) is 9.83. The molecule has 1 rings (SSSR count). The van der Waals surface area contributed by atoms with Gasteiger partial charge in [-0.15, -0.1) is 0 Å². The minimum Gasteiger partial charge on any atom is -0.0810 e. The molecule has 0 nitrogen and oxygen atoms in total. The second-order valence-corrected chi connectivity index (χ2v) is 4.43. The molecule has 70 valence electrons. The Morgan fingerprint density at radius 1 is 1.00 bits per heavy atom. The average molecular weight is 166 g/mol. The summed E-state index contributed by atoms with van der Waals surface area (Å²) in [7, 11) is 0. The quantitative estimate of drug-likeness (QED) is 0.393. The fourth-order valence-electron chi connectivity index (χ4n) is 1.56. The van der Waals surface area contributed by atoms with Crippen LogP contribution in [0.4, 0.5) is 0 Å². The summed E-state index contributed by atoms with van der Waals surface area (Å²) in [4.78, 5) is 0. The van der Waals surface area contributed by atoms with Crippen molar-refractivity contribution in [3.8, 4) is 0 Å². The third-order valence-corrected chi connectivity index (χ3v) is 2.53. The first-order chi connectivity index (χ1) is 5.79.